The second-order valence-electron chi connectivity index (χ2n) is 6.71. The Hall–Kier alpha value is -2.47. The highest BCUT2D eigenvalue weighted by molar-refractivity contribution is 7.86. The fourth-order valence-corrected chi connectivity index (χ4v) is 5.30. The molecule has 1 aliphatic rings. The molecule has 0 radical (unpaired) electrons. The molecule has 11 heteroatoms. The van der Waals surface area contributed by atoms with Gasteiger partial charge in [-0.05, 0) is 12.1 Å². The van der Waals surface area contributed by atoms with E-state index < -0.39 is 16.1 Å². The monoisotopic (exact) mass is 436 g/mol. The molecule has 9 nitrogen and oxygen atoms in total. The maximum absolute atomic E-state index is 12.6. The van der Waals surface area contributed by atoms with E-state index >= 15 is 0 Å². The Bertz CT molecular complexity index is 1180. The minimum absolute atomic E-state index is 0.148. The number of ether oxygens (including phenoxy) is 1. The van der Waals surface area contributed by atoms with Crippen LogP contribution in [0.1, 0.15) is 21.1 Å². The lowest BCUT2D eigenvalue weighted by Gasteiger charge is -2.27. The summed E-state index contributed by atoms with van der Waals surface area (Å²) in [5.41, 5.74) is 1.31. The van der Waals surface area contributed by atoms with Gasteiger partial charge in [0, 0.05) is 37.3 Å². The molecule has 3 aromatic rings. The first-order valence-corrected chi connectivity index (χ1v) is 11.0. The quantitative estimate of drug-likeness (QED) is 0.658. The number of benzene rings is 1. The van der Waals surface area contributed by atoms with Crippen LogP contribution in [0.3, 0.4) is 0 Å². The number of methoxy groups -OCH3 is 1. The average molecular weight is 437 g/mol. The van der Waals surface area contributed by atoms with Gasteiger partial charge in [0.1, 0.15) is 0 Å². The van der Waals surface area contributed by atoms with Crippen molar-refractivity contribution in [2.24, 2.45) is 0 Å². The van der Waals surface area contributed by atoms with Crippen molar-refractivity contribution >= 4 is 43.6 Å². The standard InChI is InChI=1S/C18H20N4O5S2/c1-21(2)29(24,25)22-8-7-12-15(10-22)28-18(19-12)20-17(23)14-9-11-5-4-6-13(26-3)16(11)27-14/h4-6,9H,7-8,10H2,1-3H3,(H,19,20,23). The second kappa shape index (κ2) is 7.41. The first-order valence-electron chi connectivity index (χ1n) is 8.83. The fraction of sp³-hybridized carbons (Fsp3) is 0.333. The van der Waals surface area contributed by atoms with Crippen LogP contribution in [0, 0.1) is 0 Å². The molecular weight excluding hydrogens is 416 g/mol. The topological polar surface area (TPSA) is 105 Å². The summed E-state index contributed by atoms with van der Waals surface area (Å²) < 4.78 is 38.2. The van der Waals surface area contributed by atoms with Gasteiger partial charge >= 0.3 is 0 Å². The Morgan fingerprint density at radius 2 is 2.17 bits per heavy atom. The van der Waals surface area contributed by atoms with Gasteiger partial charge in [0.05, 0.1) is 19.3 Å². The molecular formula is C18H20N4O5S2. The summed E-state index contributed by atoms with van der Waals surface area (Å²) in [6.07, 6.45) is 0.497. The van der Waals surface area contributed by atoms with Crippen LogP contribution >= 0.6 is 11.3 Å². The third-order valence-corrected chi connectivity index (χ3v) is 7.54. The predicted molar refractivity (Wildman–Crippen MR) is 110 cm³/mol. The SMILES string of the molecule is COc1cccc2cc(C(=O)Nc3nc4c(s3)CN(S(=O)(=O)N(C)C)CC4)oc12. The number of anilines is 1. The third kappa shape index (κ3) is 3.62. The molecule has 0 spiro atoms. The van der Waals surface area contributed by atoms with Gasteiger partial charge in [0.15, 0.2) is 22.2 Å². The van der Waals surface area contributed by atoms with Crippen LogP contribution in [0.15, 0.2) is 28.7 Å². The fourth-order valence-electron chi connectivity index (χ4n) is 3.12. The van der Waals surface area contributed by atoms with E-state index in [1.165, 1.54) is 41.2 Å². The molecule has 0 unspecified atom stereocenters. The molecule has 0 saturated heterocycles. The summed E-state index contributed by atoms with van der Waals surface area (Å²) in [5.74, 6) is 0.273. The van der Waals surface area contributed by atoms with Crippen LogP contribution in [0.25, 0.3) is 11.0 Å². The van der Waals surface area contributed by atoms with Gasteiger partial charge in [0.2, 0.25) is 0 Å². The van der Waals surface area contributed by atoms with Gasteiger partial charge in [-0.1, -0.05) is 12.1 Å². The summed E-state index contributed by atoms with van der Waals surface area (Å²) >= 11 is 1.27. The minimum atomic E-state index is -3.49. The predicted octanol–water partition coefficient (Wildman–Crippen LogP) is 2.31. The molecule has 3 heterocycles. The van der Waals surface area contributed by atoms with Gasteiger partial charge in [-0.25, -0.2) is 4.98 Å². The lowest BCUT2D eigenvalue weighted by molar-refractivity contribution is 0.0998. The van der Waals surface area contributed by atoms with Crippen LogP contribution in [-0.2, 0) is 23.2 Å². The van der Waals surface area contributed by atoms with Crippen LogP contribution in [-0.4, -0.2) is 55.7 Å². The molecule has 0 bridgehead atoms. The Kier molecular flexibility index (Phi) is 5.07. The number of carbonyl (C=O) groups excluding carboxylic acids is 1. The van der Waals surface area contributed by atoms with Gasteiger partial charge in [-0.3, -0.25) is 10.1 Å². The van der Waals surface area contributed by atoms with Gasteiger partial charge in [-0.15, -0.1) is 11.3 Å². The van der Waals surface area contributed by atoms with Crippen molar-refractivity contribution < 1.29 is 22.4 Å². The molecule has 0 fully saturated rings. The van der Waals surface area contributed by atoms with E-state index in [1.807, 2.05) is 12.1 Å². The van der Waals surface area contributed by atoms with Crippen LogP contribution in [0.4, 0.5) is 5.13 Å². The van der Waals surface area contributed by atoms with Crippen molar-refractivity contribution in [2.75, 3.05) is 33.1 Å². The number of fused-ring (bicyclic) bond motifs is 2. The number of hydrogen-bond donors (Lipinski definition) is 1. The zero-order valence-corrected chi connectivity index (χ0v) is 17.8. The molecule has 0 saturated carbocycles. The van der Waals surface area contributed by atoms with Crippen molar-refractivity contribution in [1.82, 2.24) is 13.6 Å². The van der Waals surface area contributed by atoms with E-state index in [1.54, 1.807) is 12.1 Å². The molecule has 2 aromatic heterocycles. The third-order valence-electron chi connectivity index (χ3n) is 4.66. The maximum Gasteiger partial charge on any atom is 0.293 e. The number of nitrogens with zero attached hydrogens (tertiary/aromatic N) is 3. The molecule has 1 aromatic carbocycles. The van der Waals surface area contributed by atoms with Crippen LogP contribution < -0.4 is 10.1 Å². The number of carbonyl (C=O) groups is 1. The number of aromatic nitrogens is 1. The molecule has 1 amide bonds. The molecule has 1 N–H and O–H groups in total. The molecule has 29 heavy (non-hydrogen) atoms. The number of thiazole rings is 1. The van der Waals surface area contributed by atoms with E-state index in [0.29, 0.717) is 29.4 Å². The number of para-hydroxylation sites is 1. The Labute approximate surface area is 172 Å². The first kappa shape index (κ1) is 19.8. The normalized spacial score (nSPS) is 14.9. The summed E-state index contributed by atoms with van der Waals surface area (Å²) in [5, 5.41) is 3.92. The second-order valence-corrected chi connectivity index (χ2v) is 9.93. The lowest BCUT2D eigenvalue weighted by atomic mass is 10.2. The average Bonchev–Trinajstić information content (AvgIpc) is 3.30. The van der Waals surface area contributed by atoms with Crippen molar-refractivity contribution in [3.8, 4) is 5.75 Å². The highest BCUT2D eigenvalue weighted by Crippen LogP contribution is 2.31. The van der Waals surface area contributed by atoms with Crippen LogP contribution in [0.5, 0.6) is 5.75 Å². The smallest absolute Gasteiger partial charge is 0.293 e. The molecule has 154 valence electrons. The first-order chi connectivity index (χ1) is 13.8. The highest BCUT2D eigenvalue weighted by Gasteiger charge is 2.30. The lowest BCUT2D eigenvalue weighted by Crippen LogP contribution is -2.42. The molecule has 1 aliphatic heterocycles. The van der Waals surface area contributed by atoms with Crippen molar-refractivity contribution in [2.45, 2.75) is 13.0 Å². The summed E-state index contributed by atoms with van der Waals surface area (Å²) in [6.45, 7) is 0.596. The largest absolute Gasteiger partial charge is 0.493 e. The van der Waals surface area contributed by atoms with Crippen molar-refractivity contribution in [3.63, 3.8) is 0 Å². The minimum Gasteiger partial charge on any atom is -0.493 e. The van der Waals surface area contributed by atoms with Crippen molar-refractivity contribution in [3.05, 3.63) is 40.6 Å². The van der Waals surface area contributed by atoms with Crippen molar-refractivity contribution in [1.29, 1.82) is 0 Å². The number of furan rings is 1. The van der Waals surface area contributed by atoms with E-state index in [4.69, 9.17) is 9.15 Å². The number of amides is 1. The molecule has 0 aliphatic carbocycles. The summed E-state index contributed by atoms with van der Waals surface area (Å²) in [6, 6.07) is 7.06. The zero-order chi connectivity index (χ0) is 20.8. The van der Waals surface area contributed by atoms with E-state index in [9.17, 15) is 13.2 Å². The van der Waals surface area contributed by atoms with E-state index in [2.05, 4.69) is 10.3 Å². The summed E-state index contributed by atoms with van der Waals surface area (Å²) in [4.78, 5) is 17.9. The maximum atomic E-state index is 12.6. The van der Waals surface area contributed by atoms with Gasteiger partial charge < -0.3 is 9.15 Å². The van der Waals surface area contributed by atoms with Gasteiger partial charge in [-0.2, -0.15) is 17.0 Å². The summed E-state index contributed by atoms with van der Waals surface area (Å²) in [7, 11) is 1.06. The Balaban J connectivity index is 1.53. The molecule has 4 rings (SSSR count). The zero-order valence-electron chi connectivity index (χ0n) is 16.1. The Morgan fingerprint density at radius 1 is 1.38 bits per heavy atom. The number of nitrogens with one attached hydrogen (secondary N) is 1. The highest BCUT2D eigenvalue weighted by atomic mass is 32.2. The van der Waals surface area contributed by atoms with Crippen LogP contribution in [0.2, 0.25) is 0 Å². The number of rotatable bonds is 5. The Morgan fingerprint density at radius 3 is 2.90 bits per heavy atom. The van der Waals surface area contributed by atoms with E-state index in [0.717, 1.165) is 16.0 Å². The van der Waals surface area contributed by atoms with E-state index in [-0.39, 0.29) is 12.3 Å². The van der Waals surface area contributed by atoms with Gasteiger partial charge in [0.25, 0.3) is 16.1 Å². The number of hydrogen-bond acceptors (Lipinski definition) is 7. The molecule has 0 atom stereocenters.